The van der Waals surface area contributed by atoms with Crippen molar-refractivity contribution in [1.29, 1.82) is 0 Å². The summed E-state index contributed by atoms with van der Waals surface area (Å²) in [6.07, 6.45) is -1.95. The van der Waals surface area contributed by atoms with E-state index in [0.717, 1.165) is 12.8 Å². The van der Waals surface area contributed by atoms with Crippen molar-refractivity contribution in [2.75, 3.05) is 20.1 Å². The third kappa shape index (κ3) is 11.6. The molecule has 0 radical (unpaired) electrons. The van der Waals surface area contributed by atoms with Crippen molar-refractivity contribution in [1.82, 2.24) is 16.0 Å². The summed E-state index contributed by atoms with van der Waals surface area (Å²) in [5.74, 6) is 0.339. The van der Waals surface area contributed by atoms with Crippen molar-refractivity contribution in [2.45, 2.75) is 44.3 Å². The molecule has 0 aromatic heterocycles. The SMILES string of the molecule is CN=C(NCCCC(=O)NC1CC1)NCCC(F)(F)F.I. The molecular weight excluding hydrogens is 400 g/mol. The van der Waals surface area contributed by atoms with Crippen LogP contribution in [0.4, 0.5) is 13.2 Å². The molecule has 1 saturated carbocycles. The van der Waals surface area contributed by atoms with Crippen LogP contribution >= 0.6 is 24.0 Å². The molecule has 1 rings (SSSR count). The van der Waals surface area contributed by atoms with Gasteiger partial charge in [-0.25, -0.2) is 0 Å². The van der Waals surface area contributed by atoms with Gasteiger partial charge in [-0.15, -0.1) is 24.0 Å². The molecule has 5 nitrogen and oxygen atoms in total. The van der Waals surface area contributed by atoms with Crippen LogP contribution in [0.1, 0.15) is 32.1 Å². The second-order valence-corrected chi connectivity index (χ2v) is 4.74. The first kappa shape index (κ1) is 20.3. The van der Waals surface area contributed by atoms with Gasteiger partial charge in [-0.2, -0.15) is 13.2 Å². The number of nitrogens with one attached hydrogen (secondary N) is 3. The third-order valence-electron chi connectivity index (χ3n) is 2.74. The number of aliphatic imine (C=N–C) groups is 1. The van der Waals surface area contributed by atoms with Crippen LogP contribution in [0.2, 0.25) is 0 Å². The predicted octanol–water partition coefficient (Wildman–Crippen LogP) is 1.78. The van der Waals surface area contributed by atoms with Gasteiger partial charge in [-0.05, 0) is 19.3 Å². The first-order valence-electron chi connectivity index (χ1n) is 6.71. The van der Waals surface area contributed by atoms with E-state index in [1.165, 1.54) is 7.05 Å². The van der Waals surface area contributed by atoms with Gasteiger partial charge in [0, 0.05) is 32.6 Å². The Kier molecular flexibility index (Phi) is 9.71. The normalized spacial score (nSPS) is 15.1. The quantitative estimate of drug-likeness (QED) is 0.254. The van der Waals surface area contributed by atoms with Gasteiger partial charge in [0.1, 0.15) is 0 Å². The average Bonchev–Trinajstić information content (AvgIpc) is 3.14. The fourth-order valence-corrected chi connectivity index (χ4v) is 1.53. The molecule has 1 aliphatic carbocycles. The minimum absolute atomic E-state index is 0. The van der Waals surface area contributed by atoms with Gasteiger partial charge < -0.3 is 16.0 Å². The standard InChI is InChI=1S/C12H21F3N4O.HI/c1-16-11(18-8-6-12(13,14)15)17-7-2-3-10(20)19-9-4-5-9;/h9H,2-8H2,1H3,(H,19,20)(H2,16,17,18);1H. The lowest BCUT2D eigenvalue weighted by Crippen LogP contribution is -2.39. The molecule has 0 atom stereocenters. The lowest BCUT2D eigenvalue weighted by Gasteiger charge is -2.12. The summed E-state index contributed by atoms with van der Waals surface area (Å²) < 4.78 is 35.9. The van der Waals surface area contributed by atoms with Crippen LogP contribution in [0.15, 0.2) is 4.99 Å². The van der Waals surface area contributed by atoms with Gasteiger partial charge in [0.15, 0.2) is 5.96 Å². The second kappa shape index (κ2) is 10.1. The number of hydrogen-bond donors (Lipinski definition) is 3. The highest BCUT2D eigenvalue weighted by Crippen LogP contribution is 2.18. The number of rotatable bonds is 7. The molecule has 0 saturated heterocycles. The maximum atomic E-state index is 12.0. The van der Waals surface area contributed by atoms with E-state index in [1.54, 1.807) is 0 Å². The molecule has 0 bridgehead atoms. The van der Waals surface area contributed by atoms with Crippen molar-refractivity contribution in [2.24, 2.45) is 4.99 Å². The topological polar surface area (TPSA) is 65.5 Å². The molecule has 1 aliphatic rings. The van der Waals surface area contributed by atoms with E-state index < -0.39 is 12.6 Å². The van der Waals surface area contributed by atoms with Crippen LogP contribution in [0, 0.1) is 0 Å². The molecule has 3 N–H and O–H groups in total. The molecule has 0 aromatic carbocycles. The van der Waals surface area contributed by atoms with Crippen LogP contribution in [0.5, 0.6) is 0 Å². The van der Waals surface area contributed by atoms with Gasteiger partial charge >= 0.3 is 6.18 Å². The summed E-state index contributed by atoms with van der Waals surface area (Å²) in [5.41, 5.74) is 0. The Labute approximate surface area is 139 Å². The monoisotopic (exact) mass is 422 g/mol. The van der Waals surface area contributed by atoms with E-state index >= 15 is 0 Å². The number of alkyl halides is 3. The van der Waals surface area contributed by atoms with Gasteiger partial charge in [-0.1, -0.05) is 0 Å². The number of guanidine groups is 1. The summed E-state index contributed by atoms with van der Waals surface area (Å²) >= 11 is 0. The fraction of sp³-hybridized carbons (Fsp3) is 0.833. The lowest BCUT2D eigenvalue weighted by atomic mass is 10.3. The van der Waals surface area contributed by atoms with Crippen molar-refractivity contribution >= 4 is 35.8 Å². The highest BCUT2D eigenvalue weighted by Gasteiger charge is 2.26. The van der Waals surface area contributed by atoms with Crippen molar-refractivity contribution in [3.8, 4) is 0 Å². The molecule has 124 valence electrons. The van der Waals surface area contributed by atoms with Crippen LogP contribution in [-0.4, -0.2) is 44.2 Å². The number of carbonyl (C=O) groups is 1. The molecule has 0 aromatic rings. The van der Waals surface area contributed by atoms with E-state index in [1.807, 2.05) is 0 Å². The zero-order valence-electron chi connectivity index (χ0n) is 11.9. The largest absolute Gasteiger partial charge is 0.390 e. The van der Waals surface area contributed by atoms with E-state index in [0.29, 0.717) is 31.4 Å². The Balaban J connectivity index is 0.00000400. The Morgan fingerprint density at radius 1 is 1.24 bits per heavy atom. The maximum absolute atomic E-state index is 12.0. The van der Waals surface area contributed by atoms with Crippen LogP contribution < -0.4 is 16.0 Å². The zero-order valence-corrected chi connectivity index (χ0v) is 14.3. The molecular formula is C12H22F3IN4O. The van der Waals surface area contributed by atoms with Crippen molar-refractivity contribution in [3.63, 3.8) is 0 Å². The number of halogens is 4. The van der Waals surface area contributed by atoms with Crippen LogP contribution in [0.3, 0.4) is 0 Å². The van der Waals surface area contributed by atoms with E-state index in [4.69, 9.17) is 0 Å². The molecule has 0 aliphatic heterocycles. The zero-order chi connectivity index (χ0) is 15.0. The first-order chi connectivity index (χ1) is 9.40. The lowest BCUT2D eigenvalue weighted by molar-refractivity contribution is -0.132. The van der Waals surface area contributed by atoms with E-state index in [2.05, 4.69) is 20.9 Å². The summed E-state index contributed by atoms with van der Waals surface area (Å²) in [4.78, 5) is 15.2. The van der Waals surface area contributed by atoms with Gasteiger partial charge in [-0.3, -0.25) is 9.79 Å². The number of nitrogens with zero attached hydrogens (tertiary/aromatic N) is 1. The Bertz CT molecular complexity index is 346. The van der Waals surface area contributed by atoms with E-state index in [9.17, 15) is 18.0 Å². The first-order valence-corrected chi connectivity index (χ1v) is 6.71. The van der Waals surface area contributed by atoms with Crippen LogP contribution in [0.25, 0.3) is 0 Å². The molecule has 0 heterocycles. The predicted molar refractivity (Wildman–Crippen MR) is 85.9 cm³/mol. The van der Waals surface area contributed by atoms with E-state index in [-0.39, 0.29) is 36.4 Å². The van der Waals surface area contributed by atoms with Crippen LogP contribution in [-0.2, 0) is 4.79 Å². The molecule has 9 heteroatoms. The third-order valence-corrected chi connectivity index (χ3v) is 2.74. The number of hydrogen-bond acceptors (Lipinski definition) is 2. The maximum Gasteiger partial charge on any atom is 0.390 e. The minimum Gasteiger partial charge on any atom is -0.356 e. The Hall–Kier alpha value is -0.740. The Morgan fingerprint density at radius 2 is 1.86 bits per heavy atom. The summed E-state index contributed by atoms with van der Waals surface area (Å²) in [7, 11) is 1.49. The van der Waals surface area contributed by atoms with Gasteiger partial charge in [0.05, 0.1) is 6.42 Å². The summed E-state index contributed by atoms with van der Waals surface area (Å²) in [6, 6.07) is 0.354. The summed E-state index contributed by atoms with van der Waals surface area (Å²) in [5, 5.41) is 8.32. The Morgan fingerprint density at radius 3 is 2.38 bits per heavy atom. The molecule has 21 heavy (non-hydrogen) atoms. The van der Waals surface area contributed by atoms with Crippen molar-refractivity contribution < 1.29 is 18.0 Å². The fourth-order valence-electron chi connectivity index (χ4n) is 1.53. The van der Waals surface area contributed by atoms with Crippen molar-refractivity contribution in [3.05, 3.63) is 0 Å². The molecule has 0 unspecified atom stereocenters. The average molecular weight is 422 g/mol. The van der Waals surface area contributed by atoms with Gasteiger partial charge in [0.2, 0.25) is 5.91 Å². The minimum atomic E-state index is -4.17. The number of amides is 1. The highest BCUT2D eigenvalue weighted by molar-refractivity contribution is 14.0. The number of carbonyl (C=O) groups excluding carboxylic acids is 1. The highest BCUT2D eigenvalue weighted by atomic mass is 127. The van der Waals surface area contributed by atoms with Gasteiger partial charge in [0.25, 0.3) is 0 Å². The second-order valence-electron chi connectivity index (χ2n) is 4.74. The summed E-state index contributed by atoms with van der Waals surface area (Å²) in [6.45, 7) is 0.273. The molecule has 1 fully saturated rings. The molecule has 0 spiro atoms. The smallest absolute Gasteiger partial charge is 0.356 e. The molecule has 1 amide bonds.